The molecule has 6 atom stereocenters. The first-order chi connectivity index (χ1) is 14.0. The highest BCUT2D eigenvalue weighted by molar-refractivity contribution is 7.66. The van der Waals surface area contributed by atoms with Crippen LogP contribution in [0.1, 0.15) is 6.23 Å². The fraction of sp³-hybridized carbons (Fsp3) is 0.600. The molecule has 0 spiro atoms. The summed E-state index contributed by atoms with van der Waals surface area (Å²) in [6, 6.07) is 0.815. The van der Waals surface area contributed by atoms with Crippen LogP contribution in [0.5, 0.6) is 0 Å². The van der Waals surface area contributed by atoms with Crippen LogP contribution < -0.4 is 11.2 Å². The lowest BCUT2D eigenvalue weighted by molar-refractivity contribution is -0.121. The molecule has 2 heterocycles. The number of aliphatic hydroxyl groups is 2. The van der Waals surface area contributed by atoms with Crippen LogP contribution in [0.3, 0.4) is 0 Å². The Morgan fingerprint density at radius 1 is 1.16 bits per heavy atom. The van der Waals surface area contributed by atoms with Gasteiger partial charge in [0, 0.05) is 12.3 Å². The van der Waals surface area contributed by atoms with Crippen LogP contribution in [0.25, 0.3) is 0 Å². The fourth-order valence-corrected chi connectivity index (χ4v) is 5.52. The molecule has 1 aliphatic heterocycles. The molecule has 31 heavy (non-hydrogen) atoms. The molecule has 21 heteroatoms. The van der Waals surface area contributed by atoms with Crippen LogP contribution in [-0.2, 0) is 31.6 Å². The summed E-state index contributed by atoms with van der Waals surface area (Å²) in [4.78, 5) is 60.2. The second-order valence-electron chi connectivity index (χ2n) is 6.00. The van der Waals surface area contributed by atoms with E-state index < -0.39 is 72.0 Å². The van der Waals surface area contributed by atoms with Crippen LogP contribution in [0.2, 0.25) is 0 Å². The van der Waals surface area contributed by atoms with Gasteiger partial charge in [-0.2, -0.15) is 8.62 Å². The molecule has 17 nitrogen and oxygen atoms in total. The van der Waals surface area contributed by atoms with Crippen molar-refractivity contribution in [2.45, 2.75) is 24.0 Å². The quantitative estimate of drug-likeness (QED) is 0.172. The number of aromatic nitrogens is 2. The maximum atomic E-state index is 13.5. The third kappa shape index (κ3) is 6.46. The predicted octanol–water partition coefficient (Wildman–Crippen LogP) is -2.16. The number of alkyl halides is 1. The zero-order valence-corrected chi connectivity index (χ0v) is 17.5. The number of phosphoric acid groups is 3. The second-order valence-corrected chi connectivity index (χ2v) is 10.4. The van der Waals surface area contributed by atoms with E-state index in [0.717, 1.165) is 12.3 Å². The Labute approximate surface area is 170 Å². The molecule has 0 aliphatic carbocycles. The summed E-state index contributed by atoms with van der Waals surface area (Å²) < 4.78 is 63.9. The molecule has 1 fully saturated rings. The van der Waals surface area contributed by atoms with E-state index in [1.54, 1.807) is 4.98 Å². The van der Waals surface area contributed by atoms with Crippen molar-refractivity contribution >= 4 is 23.5 Å². The number of rotatable bonds is 9. The summed E-state index contributed by atoms with van der Waals surface area (Å²) in [7, 11) is -17.0. The highest BCUT2D eigenvalue weighted by atomic mass is 31.3. The molecule has 0 aromatic carbocycles. The van der Waals surface area contributed by atoms with Gasteiger partial charge in [-0.25, -0.2) is 22.9 Å². The van der Waals surface area contributed by atoms with Gasteiger partial charge in [0.05, 0.1) is 6.61 Å². The first-order valence-electron chi connectivity index (χ1n) is 7.71. The Bertz CT molecular complexity index is 1070. The van der Waals surface area contributed by atoms with Gasteiger partial charge in [0.25, 0.3) is 5.56 Å². The zero-order valence-electron chi connectivity index (χ0n) is 14.8. The van der Waals surface area contributed by atoms with Gasteiger partial charge in [-0.1, -0.05) is 0 Å². The van der Waals surface area contributed by atoms with Crippen molar-refractivity contribution in [1.29, 1.82) is 0 Å². The molecule has 0 bridgehead atoms. The van der Waals surface area contributed by atoms with E-state index >= 15 is 0 Å². The summed E-state index contributed by atoms with van der Waals surface area (Å²) in [5.74, 6) is 0. The highest BCUT2D eigenvalue weighted by Gasteiger charge is 2.57. The number of halogens is 1. The lowest BCUT2D eigenvalue weighted by Crippen LogP contribution is -2.51. The second kappa shape index (κ2) is 9.03. The van der Waals surface area contributed by atoms with E-state index in [9.17, 15) is 42.8 Å². The minimum absolute atomic E-state index is 0.509. The van der Waals surface area contributed by atoms with Crippen LogP contribution in [-0.4, -0.2) is 70.4 Å². The Morgan fingerprint density at radius 2 is 1.77 bits per heavy atom. The molecule has 0 radical (unpaired) electrons. The van der Waals surface area contributed by atoms with Crippen molar-refractivity contribution < 1.29 is 65.8 Å². The molecule has 7 N–H and O–H groups in total. The van der Waals surface area contributed by atoms with Crippen molar-refractivity contribution in [2.24, 2.45) is 0 Å². The number of nitrogens with one attached hydrogen (secondary N) is 1. The maximum Gasteiger partial charge on any atom is 0.490 e. The smallest absolute Gasteiger partial charge is 0.387 e. The van der Waals surface area contributed by atoms with Gasteiger partial charge in [-0.3, -0.25) is 18.9 Å². The molecule has 1 aliphatic rings. The van der Waals surface area contributed by atoms with E-state index in [-0.39, 0.29) is 0 Å². The fourth-order valence-electron chi connectivity index (χ4n) is 2.49. The largest absolute Gasteiger partial charge is 0.490 e. The van der Waals surface area contributed by atoms with Crippen molar-refractivity contribution in [3.05, 3.63) is 33.1 Å². The van der Waals surface area contributed by atoms with Gasteiger partial charge in [0.2, 0.25) is 0 Å². The minimum Gasteiger partial charge on any atom is -0.387 e. The highest BCUT2D eigenvalue weighted by Crippen LogP contribution is 2.66. The SMILES string of the molecule is O=c1ccn([C@@H]2O[C@H](COP(=O)(O)OP(=O)(O)OP(=O)(O)O)[C@@H](O)[C@]2(O)CF)c(=O)[nH]1. The Kier molecular flexibility index (Phi) is 7.62. The first kappa shape index (κ1) is 26.2. The lowest BCUT2D eigenvalue weighted by Gasteiger charge is -2.28. The van der Waals surface area contributed by atoms with Crippen molar-refractivity contribution in [3.63, 3.8) is 0 Å². The van der Waals surface area contributed by atoms with Crippen LogP contribution in [0.4, 0.5) is 4.39 Å². The predicted molar refractivity (Wildman–Crippen MR) is 92.0 cm³/mol. The van der Waals surface area contributed by atoms with Gasteiger partial charge in [-0.05, 0) is 0 Å². The van der Waals surface area contributed by atoms with Gasteiger partial charge in [0.1, 0.15) is 18.9 Å². The van der Waals surface area contributed by atoms with E-state index in [1.165, 1.54) is 0 Å². The molecule has 2 unspecified atom stereocenters. The number of ether oxygens (including phenoxy) is 1. The van der Waals surface area contributed by atoms with E-state index in [1.807, 2.05) is 0 Å². The normalized spacial score (nSPS) is 30.6. The molecule has 2 rings (SSSR count). The Hall–Kier alpha value is -1.10. The monoisotopic (exact) mass is 516 g/mol. The molecule has 1 aromatic heterocycles. The number of aromatic amines is 1. The summed E-state index contributed by atoms with van der Waals surface area (Å²) >= 11 is 0. The zero-order chi connectivity index (χ0) is 23.8. The number of hydrogen-bond acceptors (Lipinski definition) is 11. The topological polar surface area (TPSA) is 264 Å². The van der Waals surface area contributed by atoms with Gasteiger partial charge >= 0.3 is 29.2 Å². The molecule has 0 saturated carbocycles. The molecular formula is C10H16FN2O15P3. The summed E-state index contributed by atoms with van der Waals surface area (Å²) in [6.07, 6.45) is -5.18. The van der Waals surface area contributed by atoms with Crippen molar-refractivity contribution in [3.8, 4) is 0 Å². The maximum absolute atomic E-state index is 13.5. The van der Waals surface area contributed by atoms with E-state index in [4.69, 9.17) is 19.4 Å². The van der Waals surface area contributed by atoms with Gasteiger partial charge in [-0.15, -0.1) is 0 Å². The number of hydrogen-bond donors (Lipinski definition) is 7. The summed E-state index contributed by atoms with van der Waals surface area (Å²) in [6.45, 7) is -2.92. The minimum atomic E-state index is -5.81. The van der Waals surface area contributed by atoms with Gasteiger partial charge in [0.15, 0.2) is 11.8 Å². The average molecular weight is 516 g/mol. The van der Waals surface area contributed by atoms with Crippen molar-refractivity contribution in [1.82, 2.24) is 9.55 Å². The van der Waals surface area contributed by atoms with Crippen LogP contribution in [0.15, 0.2) is 21.9 Å². The number of nitrogens with zero attached hydrogens (tertiary/aromatic N) is 1. The standard InChI is InChI=1S/C10H16FN2O15P3/c11-4-10(17)7(15)5(26-8(10)13-2-1-6(14)12-9(13)16)3-25-30(21,22)28-31(23,24)27-29(18,19)20/h1-2,5,7-8,15,17H,3-4H2,(H,21,22)(H,23,24)(H,12,14,16)(H2,18,19,20)/t5-,7-,8-,10-/m1/s1. The first-order valence-corrected chi connectivity index (χ1v) is 12.2. The van der Waals surface area contributed by atoms with E-state index in [0.29, 0.717) is 4.57 Å². The lowest BCUT2D eigenvalue weighted by atomic mass is 9.95. The number of aliphatic hydroxyl groups excluding tert-OH is 1. The molecule has 1 saturated heterocycles. The molecule has 178 valence electrons. The molecular weight excluding hydrogens is 500 g/mol. The number of H-pyrrole nitrogens is 1. The summed E-state index contributed by atoms with van der Waals surface area (Å²) in [5.41, 5.74) is -4.80. The van der Waals surface area contributed by atoms with Crippen molar-refractivity contribution in [2.75, 3.05) is 13.3 Å². The third-order valence-electron chi connectivity index (χ3n) is 3.73. The summed E-state index contributed by atoms with van der Waals surface area (Å²) in [5, 5.41) is 20.5. The number of phosphoric ester groups is 1. The van der Waals surface area contributed by atoms with Gasteiger partial charge < -0.3 is 34.5 Å². The Morgan fingerprint density at radius 3 is 2.29 bits per heavy atom. The van der Waals surface area contributed by atoms with Crippen LogP contribution in [0, 0.1) is 0 Å². The van der Waals surface area contributed by atoms with Crippen LogP contribution >= 0.6 is 23.5 Å². The third-order valence-corrected chi connectivity index (χ3v) is 7.53. The molecule has 0 amide bonds. The molecule has 1 aromatic rings. The van der Waals surface area contributed by atoms with E-state index in [2.05, 4.69) is 13.1 Å². The average Bonchev–Trinajstić information content (AvgIpc) is 2.82. The Balaban J connectivity index is 2.18.